The minimum absolute atomic E-state index is 0.00699. The second-order valence-electron chi connectivity index (χ2n) is 5.35. The van der Waals surface area contributed by atoms with Gasteiger partial charge in [-0.2, -0.15) is 0 Å². The molecular weight excluding hydrogens is 252 g/mol. The second kappa shape index (κ2) is 7.97. The Kier molecular flexibility index (Phi) is 6.61. The topological polar surface area (TPSA) is 62.5 Å². The third-order valence-electron chi connectivity index (χ3n) is 3.27. The Hall–Kier alpha value is -1.46. The van der Waals surface area contributed by atoms with E-state index in [2.05, 4.69) is 16.8 Å². The molecule has 20 heavy (non-hydrogen) atoms. The average Bonchev–Trinajstić information content (AvgIpc) is 2.39. The summed E-state index contributed by atoms with van der Waals surface area (Å²) in [6.07, 6.45) is 4.55. The summed E-state index contributed by atoms with van der Waals surface area (Å²) in [6, 6.07) is 3.86. The predicted molar refractivity (Wildman–Crippen MR) is 81.2 cm³/mol. The van der Waals surface area contributed by atoms with E-state index in [0.29, 0.717) is 6.54 Å². The highest BCUT2D eigenvalue weighted by Gasteiger charge is 2.25. The van der Waals surface area contributed by atoms with Crippen molar-refractivity contribution in [3.05, 3.63) is 30.1 Å². The quantitative estimate of drug-likeness (QED) is 0.816. The standard InChI is InChI=1S/C15H26N4O/c1-5-9-19(11-14(20)18(3)4)15(12(2)16)13-7-6-8-17-10-13/h6-8,10,12,15H,5,9,11,16H2,1-4H3. The molecule has 0 spiro atoms. The van der Waals surface area contributed by atoms with Gasteiger partial charge in [0.2, 0.25) is 5.91 Å². The number of carbonyl (C=O) groups is 1. The fraction of sp³-hybridized carbons (Fsp3) is 0.600. The molecule has 0 fully saturated rings. The van der Waals surface area contributed by atoms with Crippen molar-refractivity contribution in [3.63, 3.8) is 0 Å². The normalized spacial score (nSPS) is 14.1. The van der Waals surface area contributed by atoms with E-state index in [1.807, 2.05) is 25.3 Å². The molecule has 2 unspecified atom stereocenters. The van der Waals surface area contributed by atoms with Gasteiger partial charge in [0.05, 0.1) is 12.6 Å². The van der Waals surface area contributed by atoms with Crippen LogP contribution < -0.4 is 5.73 Å². The molecular formula is C15H26N4O. The van der Waals surface area contributed by atoms with E-state index in [9.17, 15) is 4.79 Å². The highest BCUT2D eigenvalue weighted by atomic mass is 16.2. The molecule has 0 aliphatic carbocycles. The molecule has 2 N–H and O–H groups in total. The lowest BCUT2D eigenvalue weighted by atomic mass is 10.0. The molecule has 112 valence electrons. The van der Waals surface area contributed by atoms with Gasteiger partial charge in [0.1, 0.15) is 0 Å². The van der Waals surface area contributed by atoms with Gasteiger partial charge in [0.15, 0.2) is 0 Å². The fourth-order valence-corrected chi connectivity index (χ4v) is 2.32. The summed E-state index contributed by atoms with van der Waals surface area (Å²) in [7, 11) is 3.55. The molecule has 1 rings (SSSR count). The lowest BCUT2D eigenvalue weighted by Crippen LogP contribution is -2.44. The fourth-order valence-electron chi connectivity index (χ4n) is 2.32. The molecule has 0 aliphatic rings. The van der Waals surface area contributed by atoms with E-state index in [4.69, 9.17) is 5.73 Å². The molecule has 0 aliphatic heterocycles. The van der Waals surface area contributed by atoms with Crippen molar-refractivity contribution in [3.8, 4) is 0 Å². The minimum Gasteiger partial charge on any atom is -0.348 e. The third-order valence-corrected chi connectivity index (χ3v) is 3.27. The van der Waals surface area contributed by atoms with Crippen LogP contribution >= 0.6 is 0 Å². The SMILES string of the molecule is CCCN(CC(=O)N(C)C)C(c1cccnc1)C(C)N. The van der Waals surface area contributed by atoms with E-state index < -0.39 is 0 Å². The van der Waals surface area contributed by atoms with Crippen LogP contribution in [0.25, 0.3) is 0 Å². The van der Waals surface area contributed by atoms with Crippen LogP contribution in [0.2, 0.25) is 0 Å². The molecule has 0 aromatic carbocycles. The first-order valence-corrected chi connectivity index (χ1v) is 7.07. The Bertz CT molecular complexity index is 406. The minimum atomic E-state index is -0.0688. The van der Waals surface area contributed by atoms with Crippen LogP contribution in [0.5, 0.6) is 0 Å². The van der Waals surface area contributed by atoms with Gasteiger partial charge in [-0.15, -0.1) is 0 Å². The molecule has 0 radical (unpaired) electrons. The van der Waals surface area contributed by atoms with E-state index in [0.717, 1.165) is 18.5 Å². The van der Waals surface area contributed by atoms with Crippen molar-refractivity contribution in [2.24, 2.45) is 5.73 Å². The maximum atomic E-state index is 12.0. The number of nitrogens with zero attached hydrogens (tertiary/aromatic N) is 3. The molecule has 1 amide bonds. The largest absolute Gasteiger partial charge is 0.348 e. The van der Waals surface area contributed by atoms with Gasteiger partial charge in [-0.05, 0) is 31.5 Å². The van der Waals surface area contributed by atoms with Gasteiger partial charge >= 0.3 is 0 Å². The summed E-state index contributed by atoms with van der Waals surface area (Å²) in [4.78, 5) is 19.9. The van der Waals surface area contributed by atoms with E-state index in [1.54, 1.807) is 25.2 Å². The zero-order chi connectivity index (χ0) is 15.1. The van der Waals surface area contributed by atoms with Crippen molar-refractivity contribution in [1.82, 2.24) is 14.8 Å². The van der Waals surface area contributed by atoms with E-state index in [1.165, 1.54) is 0 Å². The Morgan fingerprint density at radius 1 is 1.45 bits per heavy atom. The number of aromatic nitrogens is 1. The number of amides is 1. The summed E-state index contributed by atoms with van der Waals surface area (Å²) in [6.45, 7) is 5.29. The van der Waals surface area contributed by atoms with Crippen molar-refractivity contribution < 1.29 is 4.79 Å². The van der Waals surface area contributed by atoms with Gasteiger partial charge in [0, 0.05) is 32.5 Å². The van der Waals surface area contributed by atoms with Crippen LogP contribution in [-0.4, -0.2) is 53.9 Å². The number of rotatable bonds is 7. The first-order chi connectivity index (χ1) is 9.47. The Labute approximate surface area is 121 Å². The Morgan fingerprint density at radius 3 is 2.60 bits per heavy atom. The number of hydrogen-bond acceptors (Lipinski definition) is 4. The zero-order valence-electron chi connectivity index (χ0n) is 12.9. The number of hydrogen-bond donors (Lipinski definition) is 1. The van der Waals surface area contributed by atoms with Crippen molar-refractivity contribution in [1.29, 1.82) is 0 Å². The van der Waals surface area contributed by atoms with Gasteiger partial charge in [-0.1, -0.05) is 13.0 Å². The number of carbonyl (C=O) groups excluding carboxylic acids is 1. The molecule has 0 bridgehead atoms. The van der Waals surface area contributed by atoms with Crippen LogP contribution in [-0.2, 0) is 4.79 Å². The molecule has 1 aromatic rings. The summed E-state index contributed by atoms with van der Waals surface area (Å²) in [5.41, 5.74) is 7.22. The maximum absolute atomic E-state index is 12.0. The van der Waals surface area contributed by atoms with Crippen molar-refractivity contribution >= 4 is 5.91 Å². The Balaban J connectivity index is 2.97. The van der Waals surface area contributed by atoms with Crippen LogP contribution in [0.3, 0.4) is 0 Å². The van der Waals surface area contributed by atoms with E-state index >= 15 is 0 Å². The molecule has 0 saturated heterocycles. The number of pyridine rings is 1. The zero-order valence-corrected chi connectivity index (χ0v) is 12.9. The summed E-state index contributed by atoms with van der Waals surface area (Å²) in [5, 5.41) is 0. The van der Waals surface area contributed by atoms with Crippen LogP contribution in [0.4, 0.5) is 0 Å². The molecule has 5 nitrogen and oxygen atoms in total. The summed E-state index contributed by atoms with van der Waals surface area (Å²) in [5.74, 6) is 0.0907. The summed E-state index contributed by atoms with van der Waals surface area (Å²) >= 11 is 0. The second-order valence-corrected chi connectivity index (χ2v) is 5.35. The van der Waals surface area contributed by atoms with Gasteiger partial charge < -0.3 is 10.6 Å². The lowest BCUT2D eigenvalue weighted by molar-refractivity contribution is -0.130. The third kappa shape index (κ3) is 4.58. The summed E-state index contributed by atoms with van der Waals surface area (Å²) < 4.78 is 0. The maximum Gasteiger partial charge on any atom is 0.236 e. The van der Waals surface area contributed by atoms with E-state index in [-0.39, 0.29) is 18.0 Å². The van der Waals surface area contributed by atoms with Gasteiger partial charge in [-0.25, -0.2) is 0 Å². The lowest BCUT2D eigenvalue weighted by Gasteiger charge is -2.34. The monoisotopic (exact) mass is 278 g/mol. The highest BCUT2D eigenvalue weighted by molar-refractivity contribution is 5.77. The van der Waals surface area contributed by atoms with Gasteiger partial charge in [0.25, 0.3) is 0 Å². The highest BCUT2D eigenvalue weighted by Crippen LogP contribution is 2.23. The van der Waals surface area contributed by atoms with Crippen LogP contribution in [0, 0.1) is 0 Å². The average molecular weight is 278 g/mol. The smallest absolute Gasteiger partial charge is 0.236 e. The first kappa shape index (κ1) is 16.6. The van der Waals surface area contributed by atoms with Crippen molar-refractivity contribution in [2.45, 2.75) is 32.4 Å². The number of nitrogens with two attached hydrogens (primary N) is 1. The predicted octanol–water partition coefficient (Wildman–Crippen LogP) is 1.27. The molecule has 2 atom stereocenters. The van der Waals surface area contributed by atoms with Crippen LogP contribution in [0.1, 0.15) is 31.9 Å². The van der Waals surface area contributed by atoms with Gasteiger partial charge in [-0.3, -0.25) is 14.7 Å². The molecule has 5 heteroatoms. The molecule has 1 aromatic heterocycles. The molecule has 1 heterocycles. The first-order valence-electron chi connectivity index (χ1n) is 7.07. The van der Waals surface area contributed by atoms with Crippen molar-refractivity contribution in [2.75, 3.05) is 27.2 Å². The molecule has 0 saturated carbocycles. The van der Waals surface area contributed by atoms with Crippen LogP contribution in [0.15, 0.2) is 24.5 Å². The Morgan fingerprint density at radius 2 is 2.15 bits per heavy atom. The number of likely N-dealkylation sites (N-methyl/N-ethyl adjacent to an activating group) is 1.